The molecule has 1 fully saturated rings. The van der Waals surface area contributed by atoms with Crippen LogP contribution in [0, 0.1) is 5.41 Å². The summed E-state index contributed by atoms with van der Waals surface area (Å²) in [4.78, 5) is 4.26. The Morgan fingerprint density at radius 1 is 1.38 bits per heavy atom. The van der Waals surface area contributed by atoms with Crippen molar-refractivity contribution in [2.24, 2.45) is 16.1 Å². The van der Waals surface area contributed by atoms with E-state index >= 15 is 0 Å². The summed E-state index contributed by atoms with van der Waals surface area (Å²) in [5.74, 6) is 0.637. The van der Waals surface area contributed by atoms with Gasteiger partial charge in [-0.3, -0.25) is 4.99 Å². The molecule has 0 amide bonds. The lowest BCUT2D eigenvalue weighted by atomic mass is 9.68. The summed E-state index contributed by atoms with van der Waals surface area (Å²) >= 11 is 0. The van der Waals surface area contributed by atoms with Crippen molar-refractivity contribution in [1.29, 1.82) is 0 Å². The average molecular weight is 181 g/mol. The summed E-state index contributed by atoms with van der Waals surface area (Å²) < 4.78 is 0. The monoisotopic (exact) mass is 181 g/mol. The molecule has 1 aliphatic carbocycles. The molecule has 1 aliphatic heterocycles. The Morgan fingerprint density at radius 2 is 2.15 bits per heavy atom. The van der Waals surface area contributed by atoms with Gasteiger partial charge in [0.05, 0.1) is 12.1 Å². The lowest BCUT2D eigenvalue weighted by Crippen LogP contribution is -2.52. The van der Waals surface area contributed by atoms with Crippen LogP contribution in [-0.4, -0.2) is 18.0 Å². The number of aliphatic imine (C=N–C) groups is 1. The van der Waals surface area contributed by atoms with E-state index in [-0.39, 0.29) is 5.54 Å². The Balaban J connectivity index is 2.09. The van der Waals surface area contributed by atoms with E-state index in [1.807, 2.05) is 0 Å². The Morgan fingerprint density at radius 3 is 2.69 bits per heavy atom. The van der Waals surface area contributed by atoms with E-state index in [2.05, 4.69) is 24.2 Å². The molecular weight excluding hydrogens is 162 g/mol. The van der Waals surface area contributed by atoms with E-state index in [9.17, 15) is 0 Å². The van der Waals surface area contributed by atoms with E-state index < -0.39 is 0 Å². The van der Waals surface area contributed by atoms with Crippen LogP contribution in [0.5, 0.6) is 0 Å². The number of hydrogen-bond acceptors (Lipinski definition) is 3. The Hall–Kier alpha value is -0.730. The highest BCUT2D eigenvalue weighted by Crippen LogP contribution is 2.41. The highest BCUT2D eigenvalue weighted by Gasteiger charge is 2.42. The third-order valence-corrected chi connectivity index (χ3v) is 3.27. The Labute approximate surface area is 79.8 Å². The normalized spacial score (nSPS) is 37.2. The van der Waals surface area contributed by atoms with Gasteiger partial charge in [-0.2, -0.15) is 0 Å². The summed E-state index contributed by atoms with van der Waals surface area (Å²) in [6.45, 7) is 5.55. The van der Waals surface area contributed by atoms with Crippen LogP contribution >= 0.6 is 0 Å². The fourth-order valence-electron chi connectivity index (χ4n) is 2.83. The maximum atomic E-state index is 5.67. The van der Waals surface area contributed by atoms with Gasteiger partial charge >= 0.3 is 0 Å². The molecule has 1 atom stereocenters. The summed E-state index contributed by atoms with van der Waals surface area (Å²) in [6.07, 6.45) is 5.05. The molecule has 1 unspecified atom stereocenters. The van der Waals surface area contributed by atoms with Crippen LogP contribution in [0.15, 0.2) is 4.99 Å². The van der Waals surface area contributed by atoms with Crippen LogP contribution < -0.4 is 11.1 Å². The van der Waals surface area contributed by atoms with Crippen molar-refractivity contribution in [3.63, 3.8) is 0 Å². The first-order chi connectivity index (χ1) is 6.02. The predicted octanol–water partition coefficient (Wildman–Crippen LogP) is 1.24. The minimum absolute atomic E-state index is 0.200. The number of nitrogens with zero attached hydrogens (tertiary/aromatic N) is 1. The van der Waals surface area contributed by atoms with Gasteiger partial charge in [-0.25, -0.2) is 0 Å². The first-order valence-corrected chi connectivity index (χ1v) is 5.10. The fourth-order valence-corrected chi connectivity index (χ4v) is 2.83. The minimum Gasteiger partial charge on any atom is -0.370 e. The van der Waals surface area contributed by atoms with Crippen molar-refractivity contribution < 1.29 is 0 Å². The topological polar surface area (TPSA) is 50.4 Å². The van der Waals surface area contributed by atoms with Crippen molar-refractivity contribution in [2.45, 2.75) is 45.1 Å². The van der Waals surface area contributed by atoms with Crippen LogP contribution in [0.2, 0.25) is 0 Å². The third-order valence-electron chi connectivity index (χ3n) is 3.27. The van der Waals surface area contributed by atoms with Crippen molar-refractivity contribution >= 4 is 5.96 Å². The van der Waals surface area contributed by atoms with E-state index in [1.54, 1.807) is 0 Å². The second-order valence-corrected chi connectivity index (χ2v) is 5.30. The molecule has 0 aromatic rings. The van der Waals surface area contributed by atoms with Gasteiger partial charge < -0.3 is 11.1 Å². The number of hydrogen-bond donors (Lipinski definition) is 2. The summed E-state index contributed by atoms with van der Waals surface area (Å²) in [5, 5.41) is 3.35. The molecule has 2 aliphatic rings. The van der Waals surface area contributed by atoms with Gasteiger partial charge in [-0.05, 0) is 24.7 Å². The molecule has 0 bridgehead atoms. The molecule has 3 N–H and O–H groups in total. The SMILES string of the molecule is CC1(C)CCCC2(CN=C(N)N2)C1. The van der Waals surface area contributed by atoms with Gasteiger partial charge in [0, 0.05) is 0 Å². The van der Waals surface area contributed by atoms with E-state index in [0.717, 1.165) is 6.54 Å². The minimum atomic E-state index is 0.200. The largest absolute Gasteiger partial charge is 0.370 e. The number of rotatable bonds is 0. The summed E-state index contributed by atoms with van der Waals surface area (Å²) in [6, 6.07) is 0. The van der Waals surface area contributed by atoms with Gasteiger partial charge in [0.25, 0.3) is 0 Å². The van der Waals surface area contributed by atoms with E-state index in [1.165, 1.54) is 25.7 Å². The van der Waals surface area contributed by atoms with Gasteiger partial charge in [-0.15, -0.1) is 0 Å². The Kier molecular flexibility index (Phi) is 1.79. The number of guanidine groups is 1. The molecule has 0 aromatic heterocycles. The average Bonchev–Trinajstić information content (AvgIpc) is 2.29. The molecule has 3 heteroatoms. The van der Waals surface area contributed by atoms with Gasteiger partial charge in [-0.1, -0.05) is 20.3 Å². The highest BCUT2D eigenvalue weighted by molar-refractivity contribution is 5.80. The molecule has 0 saturated heterocycles. The fraction of sp³-hybridized carbons (Fsp3) is 0.900. The maximum absolute atomic E-state index is 5.67. The van der Waals surface area contributed by atoms with Gasteiger partial charge in [0.2, 0.25) is 0 Å². The smallest absolute Gasteiger partial charge is 0.189 e. The molecule has 0 aromatic carbocycles. The maximum Gasteiger partial charge on any atom is 0.189 e. The Bertz CT molecular complexity index is 245. The quantitative estimate of drug-likeness (QED) is 0.591. The lowest BCUT2D eigenvalue weighted by molar-refractivity contribution is 0.148. The summed E-state index contributed by atoms with van der Waals surface area (Å²) in [5.41, 5.74) is 6.32. The first kappa shape index (κ1) is 8.85. The van der Waals surface area contributed by atoms with Crippen LogP contribution in [0.25, 0.3) is 0 Å². The molecule has 1 heterocycles. The zero-order valence-electron chi connectivity index (χ0n) is 8.56. The molecular formula is C10H19N3. The molecule has 74 valence electrons. The van der Waals surface area contributed by atoms with E-state index in [0.29, 0.717) is 11.4 Å². The van der Waals surface area contributed by atoms with Gasteiger partial charge in [0.1, 0.15) is 0 Å². The van der Waals surface area contributed by atoms with Crippen LogP contribution in [0.1, 0.15) is 39.5 Å². The molecule has 0 radical (unpaired) electrons. The van der Waals surface area contributed by atoms with Crippen molar-refractivity contribution in [1.82, 2.24) is 5.32 Å². The highest BCUT2D eigenvalue weighted by atomic mass is 15.2. The van der Waals surface area contributed by atoms with Crippen molar-refractivity contribution in [3.05, 3.63) is 0 Å². The molecule has 1 spiro atoms. The van der Waals surface area contributed by atoms with E-state index in [4.69, 9.17) is 5.73 Å². The number of nitrogens with two attached hydrogens (primary N) is 1. The van der Waals surface area contributed by atoms with Crippen LogP contribution in [0.3, 0.4) is 0 Å². The molecule has 3 nitrogen and oxygen atoms in total. The second-order valence-electron chi connectivity index (χ2n) is 5.30. The van der Waals surface area contributed by atoms with Crippen molar-refractivity contribution in [3.8, 4) is 0 Å². The lowest BCUT2D eigenvalue weighted by Gasteiger charge is -2.42. The molecule has 13 heavy (non-hydrogen) atoms. The number of nitrogens with one attached hydrogen (secondary N) is 1. The molecule has 2 rings (SSSR count). The van der Waals surface area contributed by atoms with Gasteiger partial charge in [0.15, 0.2) is 5.96 Å². The zero-order chi connectivity index (χ0) is 9.53. The van der Waals surface area contributed by atoms with Crippen molar-refractivity contribution in [2.75, 3.05) is 6.54 Å². The predicted molar refractivity (Wildman–Crippen MR) is 54.6 cm³/mol. The first-order valence-electron chi connectivity index (χ1n) is 5.10. The second kappa shape index (κ2) is 2.63. The molecule has 1 saturated carbocycles. The third kappa shape index (κ3) is 1.64. The van der Waals surface area contributed by atoms with Crippen LogP contribution in [0.4, 0.5) is 0 Å². The van der Waals surface area contributed by atoms with Crippen LogP contribution in [-0.2, 0) is 0 Å². The summed E-state index contributed by atoms with van der Waals surface area (Å²) in [7, 11) is 0. The zero-order valence-corrected chi connectivity index (χ0v) is 8.56. The standard InChI is InChI=1S/C10H19N3/c1-9(2)4-3-5-10(6-9)7-12-8(11)13-10/h3-7H2,1-2H3,(H3,11,12,13).